The Hall–Kier alpha value is -3.16. The number of nitrogens with zero attached hydrogens (tertiary/aromatic N) is 2. The van der Waals surface area contributed by atoms with Gasteiger partial charge in [-0.3, -0.25) is 14.5 Å². The fourth-order valence-electron chi connectivity index (χ4n) is 3.38. The number of anilines is 1. The Kier molecular flexibility index (Phi) is 7.42. The first-order valence-corrected chi connectivity index (χ1v) is 11.7. The minimum atomic E-state index is -0.733. The molecule has 168 valence electrons. The number of carbonyl (C=O) groups excluding carboxylic acids is 2. The van der Waals surface area contributed by atoms with Crippen LogP contribution < -0.4 is 5.32 Å². The van der Waals surface area contributed by atoms with Gasteiger partial charge in [-0.1, -0.05) is 71.9 Å². The van der Waals surface area contributed by atoms with Crippen molar-refractivity contribution in [3.8, 4) is 0 Å². The number of carbonyl (C=O) groups is 2. The number of amides is 2. The predicted molar refractivity (Wildman–Crippen MR) is 131 cm³/mol. The Morgan fingerprint density at radius 1 is 1.09 bits per heavy atom. The number of hydrogen-bond acceptors (Lipinski definition) is 4. The van der Waals surface area contributed by atoms with E-state index in [1.54, 1.807) is 41.3 Å². The second-order valence-corrected chi connectivity index (χ2v) is 9.04. The highest BCUT2D eigenvalue weighted by molar-refractivity contribution is 8.15. The van der Waals surface area contributed by atoms with Gasteiger partial charge in [0.2, 0.25) is 11.8 Å². The first-order valence-electron chi connectivity index (χ1n) is 10.4. The molecule has 1 unspecified atom stereocenters. The summed E-state index contributed by atoms with van der Waals surface area (Å²) in [4.78, 5) is 32.2. The largest absolute Gasteiger partial charge is 0.323 e. The molecule has 1 fully saturated rings. The summed E-state index contributed by atoms with van der Waals surface area (Å²) in [6.45, 7) is 0.427. The van der Waals surface area contributed by atoms with Gasteiger partial charge in [-0.15, -0.1) is 0 Å². The second-order valence-electron chi connectivity index (χ2n) is 7.43. The number of amidine groups is 1. The molecule has 3 aromatic carbocycles. The molecule has 1 aliphatic rings. The van der Waals surface area contributed by atoms with E-state index >= 15 is 0 Å². The van der Waals surface area contributed by atoms with Gasteiger partial charge in [0.05, 0.1) is 11.4 Å². The third-order valence-corrected chi connectivity index (χ3v) is 6.49. The van der Waals surface area contributed by atoms with Crippen LogP contribution in [0.3, 0.4) is 0 Å². The molecule has 0 saturated carbocycles. The molecule has 8 heteroatoms. The lowest BCUT2D eigenvalue weighted by Gasteiger charge is -2.32. The van der Waals surface area contributed by atoms with E-state index in [4.69, 9.17) is 11.6 Å². The van der Waals surface area contributed by atoms with Crippen LogP contribution in [-0.2, 0) is 16.0 Å². The summed E-state index contributed by atoms with van der Waals surface area (Å²) in [5, 5.41) is 2.79. The summed E-state index contributed by atoms with van der Waals surface area (Å²) in [5.74, 6) is -1.19. The third-order valence-electron chi connectivity index (χ3n) is 5.06. The van der Waals surface area contributed by atoms with Crippen molar-refractivity contribution in [1.82, 2.24) is 4.90 Å². The first-order chi connectivity index (χ1) is 16.0. The maximum Gasteiger partial charge on any atom is 0.238 e. The van der Waals surface area contributed by atoms with Crippen molar-refractivity contribution in [2.24, 2.45) is 4.99 Å². The first kappa shape index (κ1) is 23.0. The Labute approximate surface area is 200 Å². The van der Waals surface area contributed by atoms with E-state index < -0.39 is 17.0 Å². The number of benzene rings is 3. The standard InChI is InChI=1S/C25H21ClFN3O2S/c26-18-9-6-10-19(15-18)28-25-30(14-13-17-7-2-1-3-8-17)23(31)16-22(33-25)24(32)29-21-12-5-4-11-20(21)27/h1-12,15,22H,13-14,16H2,(H,29,32). The highest BCUT2D eigenvalue weighted by Gasteiger charge is 2.36. The van der Waals surface area contributed by atoms with Crippen LogP contribution in [-0.4, -0.2) is 33.7 Å². The van der Waals surface area contributed by atoms with Crippen molar-refractivity contribution < 1.29 is 14.0 Å². The number of aliphatic imine (C=N–C) groups is 1. The molecule has 3 aromatic rings. The molecule has 33 heavy (non-hydrogen) atoms. The van der Waals surface area contributed by atoms with E-state index in [1.807, 2.05) is 30.3 Å². The zero-order valence-corrected chi connectivity index (χ0v) is 19.2. The molecule has 0 radical (unpaired) electrons. The summed E-state index contributed by atoms with van der Waals surface area (Å²) in [7, 11) is 0. The van der Waals surface area contributed by atoms with Gasteiger partial charge in [-0.25, -0.2) is 9.38 Å². The Morgan fingerprint density at radius 3 is 2.61 bits per heavy atom. The summed E-state index contributed by atoms with van der Waals surface area (Å²) < 4.78 is 14.0. The summed E-state index contributed by atoms with van der Waals surface area (Å²) in [6.07, 6.45) is 0.641. The molecule has 5 nitrogen and oxygen atoms in total. The van der Waals surface area contributed by atoms with Crippen LogP contribution in [0, 0.1) is 5.82 Å². The minimum Gasteiger partial charge on any atom is -0.323 e. The molecular formula is C25H21ClFN3O2S. The molecular weight excluding hydrogens is 461 g/mol. The second kappa shape index (κ2) is 10.6. The van der Waals surface area contributed by atoms with Gasteiger partial charge in [0.25, 0.3) is 0 Å². The molecule has 0 aromatic heterocycles. The SMILES string of the molecule is O=C(Nc1ccccc1F)C1CC(=O)N(CCc2ccccc2)C(=Nc2cccc(Cl)c2)S1. The van der Waals surface area contributed by atoms with Gasteiger partial charge in [0.15, 0.2) is 5.17 Å². The van der Waals surface area contributed by atoms with E-state index in [9.17, 15) is 14.0 Å². The molecule has 1 heterocycles. The van der Waals surface area contributed by atoms with E-state index in [0.717, 1.165) is 5.56 Å². The molecule has 0 aliphatic carbocycles. The zero-order valence-electron chi connectivity index (χ0n) is 17.6. The number of rotatable bonds is 6. The predicted octanol–water partition coefficient (Wildman–Crippen LogP) is 5.68. The van der Waals surface area contributed by atoms with Crippen molar-refractivity contribution in [2.75, 3.05) is 11.9 Å². The summed E-state index contributed by atoms with van der Waals surface area (Å²) in [6, 6.07) is 22.8. The molecule has 1 aliphatic heterocycles. The van der Waals surface area contributed by atoms with Crippen molar-refractivity contribution >= 4 is 51.7 Å². The Bertz CT molecular complexity index is 1190. The molecule has 1 N–H and O–H groups in total. The lowest BCUT2D eigenvalue weighted by atomic mass is 10.1. The smallest absolute Gasteiger partial charge is 0.238 e. The van der Waals surface area contributed by atoms with Crippen molar-refractivity contribution in [1.29, 1.82) is 0 Å². The summed E-state index contributed by atoms with van der Waals surface area (Å²) >= 11 is 7.29. The van der Waals surface area contributed by atoms with Gasteiger partial charge >= 0.3 is 0 Å². The van der Waals surface area contributed by atoms with Crippen LogP contribution in [0.15, 0.2) is 83.9 Å². The normalized spacial score (nSPS) is 17.3. The average molecular weight is 482 g/mol. The third kappa shape index (κ3) is 6.00. The number of hydrogen-bond donors (Lipinski definition) is 1. The average Bonchev–Trinajstić information content (AvgIpc) is 2.80. The van der Waals surface area contributed by atoms with Gasteiger partial charge in [0, 0.05) is 18.0 Å². The number of para-hydroxylation sites is 1. The molecule has 1 atom stereocenters. The molecule has 1 saturated heterocycles. The lowest BCUT2D eigenvalue weighted by molar-refractivity contribution is -0.129. The van der Waals surface area contributed by atoms with Crippen LogP contribution in [0.5, 0.6) is 0 Å². The summed E-state index contributed by atoms with van der Waals surface area (Å²) in [5.41, 5.74) is 1.75. The van der Waals surface area contributed by atoms with Gasteiger partial charge < -0.3 is 5.32 Å². The maximum atomic E-state index is 14.0. The monoisotopic (exact) mass is 481 g/mol. The van der Waals surface area contributed by atoms with Gasteiger partial charge in [-0.2, -0.15) is 0 Å². The van der Waals surface area contributed by atoms with E-state index in [2.05, 4.69) is 10.3 Å². The van der Waals surface area contributed by atoms with E-state index in [1.165, 1.54) is 23.9 Å². The van der Waals surface area contributed by atoms with E-state index in [0.29, 0.717) is 28.8 Å². The van der Waals surface area contributed by atoms with Crippen LogP contribution in [0.1, 0.15) is 12.0 Å². The Morgan fingerprint density at radius 2 is 1.85 bits per heavy atom. The van der Waals surface area contributed by atoms with Crippen LogP contribution in [0.25, 0.3) is 0 Å². The number of halogens is 2. The van der Waals surface area contributed by atoms with Gasteiger partial charge in [-0.05, 0) is 42.3 Å². The zero-order chi connectivity index (χ0) is 23.2. The number of nitrogens with one attached hydrogen (secondary N) is 1. The fraction of sp³-hybridized carbons (Fsp3) is 0.160. The maximum absolute atomic E-state index is 14.0. The van der Waals surface area contributed by atoms with Gasteiger partial charge in [0.1, 0.15) is 11.1 Å². The molecule has 4 rings (SSSR count). The highest BCUT2D eigenvalue weighted by atomic mass is 35.5. The van der Waals surface area contributed by atoms with Crippen molar-refractivity contribution in [3.63, 3.8) is 0 Å². The molecule has 2 amide bonds. The molecule has 0 bridgehead atoms. The minimum absolute atomic E-state index is 0.00565. The van der Waals surface area contributed by atoms with E-state index in [-0.39, 0.29) is 18.0 Å². The van der Waals surface area contributed by atoms with Crippen molar-refractivity contribution in [3.05, 3.63) is 95.3 Å². The quantitative estimate of drug-likeness (QED) is 0.492. The number of thioether (sulfide) groups is 1. The lowest BCUT2D eigenvalue weighted by Crippen LogP contribution is -2.46. The highest BCUT2D eigenvalue weighted by Crippen LogP contribution is 2.31. The van der Waals surface area contributed by atoms with Crippen molar-refractivity contribution in [2.45, 2.75) is 18.1 Å². The van der Waals surface area contributed by atoms with Crippen LogP contribution >= 0.6 is 23.4 Å². The Balaban J connectivity index is 1.57. The topological polar surface area (TPSA) is 61.8 Å². The molecule has 0 spiro atoms. The van der Waals surface area contributed by atoms with Crippen LogP contribution in [0.4, 0.5) is 15.8 Å². The van der Waals surface area contributed by atoms with Crippen LogP contribution in [0.2, 0.25) is 5.02 Å². The fourth-order valence-corrected chi connectivity index (χ4v) is 4.69.